The first-order valence-corrected chi connectivity index (χ1v) is 6.19. The van der Waals surface area contributed by atoms with Gasteiger partial charge in [-0.15, -0.1) is 0 Å². The number of aliphatic hydroxyl groups excluding tert-OH is 4. The van der Waals surface area contributed by atoms with Gasteiger partial charge in [0, 0.05) is 0 Å². The van der Waals surface area contributed by atoms with Crippen LogP contribution in [0.25, 0.3) is 0 Å². The van der Waals surface area contributed by atoms with Crippen molar-refractivity contribution in [1.82, 2.24) is 0 Å². The third-order valence-corrected chi connectivity index (χ3v) is 2.82. The fourth-order valence-electron chi connectivity index (χ4n) is 1.74. The molecule has 6 nitrogen and oxygen atoms in total. The summed E-state index contributed by atoms with van der Waals surface area (Å²) in [6, 6.07) is 0. The van der Waals surface area contributed by atoms with Crippen LogP contribution in [0.5, 0.6) is 0 Å². The minimum atomic E-state index is -1.38. The zero-order valence-corrected chi connectivity index (χ0v) is 10.5. The van der Waals surface area contributed by atoms with Gasteiger partial charge in [0.2, 0.25) is 0 Å². The van der Waals surface area contributed by atoms with Crippen molar-refractivity contribution in [1.29, 1.82) is 0 Å². The first kappa shape index (κ1) is 15.6. The Bertz CT molecular complexity index is 255. The van der Waals surface area contributed by atoms with Crippen LogP contribution < -0.4 is 0 Å². The molecule has 1 unspecified atom stereocenters. The van der Waals surface area contributed by atoms with E-state index in [-0.39, 0.29) is 0 Å². The summed E-state index contributed by atoms with van der Waals surface area (Å²) >= 11 is 0. The highest BCUT2D eigenvalue weighted by Gasteiger charge is 2.43. The van der Waals surface area contributed by atoms with E-state index in [1.807, 2.05) is 19.1 Å². The van der Waals surface area contributed by atoms with E-state index in [1.54, 1.807) is 0 Å². The maximum absolute atomic E-state index is 9.66. The molecule has 0 spiro atoms. The molecule has 4 N–H and O–H groups in total. The molecular weight excluding hydrogens is 240 g/mol. The quantitative estimate of drug-likeness (QED) is 0.368. The molecule has 0 saturated carbocycles. The van der Waals surface area contributed by atoms with Crippen molar-refractivity contribution in [2.24, 2.45) is 0 Å². The Balaban J connectivity index is 2.41. The van der Waals surface area contributed by atoms with Gasteiger partial charge in [-0.2, -0.15) is 0 Å². The van der Waals surface area contributed by atoms with Crippen molar-refractivity contribution < 1.29 is 29.9 Å². The van der Waals surface area contributed by atoms with E-state index >= 15 is 0 Å². The van der Waals surface area contributed by atoms with Gasteiger partial charge in [-0.1, -0.05) is 19.1 Å². The van der Waals surface area contributed by atoms with Crippen molar-refractivity contribution in [3.05, 3.63) is 12.2 Å². The number of rotatable bonds is 6. The lowest BCUT2D eigenvalue weighted by Crippen LogP contribution is -2.59. The van der Waals surface area contributed by atoms with E-state index in [0.717, 1.165) is 6.42 Å². The SMILES string of the molecule is CC/C=C\CCOC1O[C@H](CO)[C@@H](O)[C@H](O)[C@H]1O. The monoisotopic (exact) mass is 262 g/mol. The largest absolute Gasteiger partial charge is 0.394 e. The molecule has 0 radical (unpaired) electrons. The number of allylic oxidation sites excluding steroid dienone is 1. The number of hydrogen-bond donors (Lipinski definition) is 4. The van der Waals surface area contributed by atoms with Crippen LogP contribution in [0.1, 0.15) is 19.8 Å². The second kappa shape index (κ2) is 7.83. The molecule has 0 amide bonds. The summed E-state index contributed by atoms with van der Waals surface area (Å²) in [7, 11) is 0. The minimum Gasteiger partial charge on any atom is -0.394 e. The molecule has 6 heteroatoms. The van der Waals surface area contributed by atoms with E-state index in [4.69, 9.17) is 14.6 Å². The molecule has 1 rings (SSSR count). The lowest BCUT2D eigenvalue weighted by molar-refractivity contribution is -0.300. The molecule has 0 bridgehead atoms. The summed E-state index contributed by atoms with van der Waals surface area (Å²) in [6.07, 6.45) is -0.436. The summed E-state index contributed by atoms with van der Waals surface area (Å²) in [5.74, 6) is 0. The Labute approximate surface area is 106 Å². The van der Waals surface area contributed by atoms with Gasteiger partial charge < -0.3 is 29.9 Å². The topological polar surface area (TPSA) is 99.4 Å². The lowest BCUT2D eigenvalue weighted by atomic mass is 9.99. The summed E-state index contributed by atoms with van der Waals surface area (Å²) in [5.41, 5.74) is 0. The van der Waals surface area contributed by atoms with Gasteiger partial charge in [0.25, 0.3) is 0 Å². The molecule has 1 fully saturated rings. The average Bonchev–Trinajstić information content (AvgIpc) is 2.38. The maximum atomic E-state index is 9.66. The van der Waals surface area contributed by atoms with Crippen LogP contribution in [0.15, 0.2) is 12.2 Å². The van der Waals surface area contributed by atoms with Crippen molar-refractivity contribution in [2.45, 2.75) is 50.5 Å². The molecule has 106 valence electrons. The molecule has 1 heterocycles. The standard InChI is InChI=1S/C12H22O6/c1-2-3-4-5-6-17-12-11(16)10(15)9(14)8(7-13)18-12/h3-4,8-16H,2,5-7H2,1H3/b4-3-/t8-,9-,10+,11-,12?/m1/s1. The van der Waals surface area contributed by atoms with Gasteiger partial charge in [-0.3, -0.25) is 0 Å². The third kappa shape index (κ3) is 4.01. The van der Waals surface area contributed by atoms with Gasteiger partial charge in [0.15, 0.2) is 6.29 Å². The van der Waals surface area contributed by atoms with E-state index in [0.29, 0.717) is 13.0 Å². The van der Waals surface area contributed by atoms with Crippen molar-refractivity contribution in [3.63, 3.8) is 0 Å². The smallest absolute Gasteiger partial charge is 0.186 e. The Hall–Kier alpha value is -0.500. The molecule has 18 heavy (non-hydrogen) atoms. The van der Waals surface area contributed by atoms with Crippen LogP contribution in [0.4, 0.5) is 0 Å². The Kier molecular flexibility index (Phi) is 6.77. The van der Waals surface area contributed by atoms with Crippen LogP contribution in [0.2, 0.25) is 0 Å². The highest BCUT2D eigenvalue weighted by atomic mass is 16.7. The van der Waals surface area contributed by atoms with Crippen LogP contribution in [-0.4, -0.2) is 64.3 Å². The minimum absolute atomic E-state index is 0.333. The summed E-state index contributed by atoms with van der Waals surface area (Å²) in [5, 5.41) is 37.7. The van der Waals surface area contributed by atoms with Gasteiger partial charge in [0.05, 0.1) is 13.2 Å². The normalized spacial score (nSPS) is 37.3. The summed E-state index contributed by atoms with van der Waals surface area (Å²) in [6.45, 7) is 1.91. The average molecular weight is 262 g/mol. The van der Waals surface area contributed by atoms with Crippen LogP contribution in [-0.2, 0) is 9.47 Å². The van der Waals surface area contributed by atoms with Crippen LogP contribution in [0.3, 0.4) is 0 Å². The highest BCUT2D eigenvalue weighted by Crippen LogP contribution is 2.21. The second-order valence-electron chi connectivity index (χ2n) is 4.24. The first-order valence-electron chi connectivity index (χ1n) is 6.19. The van der Waals surface area contributed by atoms with Crippen LogP contribution >= 0.6 is 0 Å². The van der Waals surface area contributed by atoms with Crippen molar-refractivity contribution in [2.75, 3.05) is 13.2 Å². The maximum Gasteiger partial charge on any atom is 0.186 e. The van der Waals surface area contributed by atoms with E-state index in [9.17, 15) is 15.3 Å². The van der Waals surface area contributed by atoms with Gasteiger partial charge in [0.1, 0.15) is 24.4 Å². The molecule has 1 saturated heterocycles. The van der Waals surface area contributed by atoms with Crippen molar-refractivity contribution >= 4 is 0 Å². The summed E-state index contributed by atoms with van der Waals surface area (Å²) < 4.78 is 10.5. The van der Waals surface area contributed by atoms with Gasteiger partial charge >= 0.3 is 0 Å². The zero-order valence-electron chi connectivity index (χ0n) is 10.5. The first-order chi connectivity index (χ1) is 8.61. The van der Waals surface area contributed by atoms with Crippen molar-refractivity contribution in [3.8, 4) is 0 Å². The van der Waals surface area contributed by atoms with E-state index in [2.05, 4.69) is 0 Å². The summed E-state index contributed by atoms with van der Waals surface area (Å²) in [4.78, 5) is 0. The highest BCUT2D eigenvalue weighted by molar-refractivity contribution is 4.89. The molecule has 5 atom stereocenters. The molecule has 0 aromatic carbocycles. The van der Waals surface area contributed by atoms with E-state index in [1.165, 1.54) is 0 Å². The van der Waals surface area contributed by atoms with Gasteiger partial charge in [-0.05, 0) is 12.8 Å². The predicted molar refractivity (Wildman–Crippen MR) is 63.8 cm³/mol. The number of hydrogen-bond acceptors (Lipinski definition) is 6. The van der Waals surface area contributed by atoms with E-state index < -0.39 is 37.3 Å². The fourth-order valence-corrected chi connectivity index (χ4v) is 1.74. The Morgan fingerprint density at radius 3 is 2.44 bits per heavy atom. The molecule has 0 aliphatic carbocycles. The predicted octanol–water partition coefficient (Wildman–Crippen LogP) is -0.841. The number of ether oxygens (including phenoxy) is 2. The fraction of sp³-hybridized carbons (Fsp3) is 0.833. The second-order valence-corrected chi connectivity index (χ2v) is 4.24. The molecular formula is C12H22O6. The molecule has 1 aliphatic heterocycles. The number of aliphatic hydroxyl groups is 4. The molecule has 0 aromatic heterocycles. The molecule has 0 aromatic rings. The van der Waals surface area contributed by atoms with Crippen LogP contribution in [0, 0.1) is 0 Å². The Morgan fingerprint density at radius 1 is 1.11 bits per heavy atom. The molecule has 1 aliphatic rings. The van der Waals surface area contributed by atoms with Gasteiger partial charge in [-0.25, -0.2) is 0 Å². The Morgan fingerprint density at radius 2 is 1.83 bits per heavy atom. The lowest BCUT2D eigenvalue weighted by Gasteiger charge is -2.39. The zero-order chi connectivity index (χ0) is 13.5. The third-order valence-electron chi connectivity index (χ3n) is 2.82.